The van der Waals surface area contributed by atoms with Crippen LogP contribution in [0.25, 0.3) is 81.6 Å². The van der Waals surface area contributed by atoms with E-state index in [0.29, 0.717) is 0 Å². The Kier molecular flexibility index (Phi) is 4.67. The molecule has 8 aliphatic rings. The van der Waals surface area contributed by atoms with Gasteiger partial charge in [-0.25, -0.2) is 0 Å². The van der Waals surface area contributed by atoms with E-state index in [1.165, 1.54) is 135 Å². The highest BCUT2D eigenvalue weighted by atomic mass is 16.3. The van der Waals surface area contributed by atoms with Crippen molar-refractivity contribution in [3.05, 3.63) is 101 Å². The van der Waals surface area contributed by atoms with Crippen molar-refractivity contribution in [2.75, 3.05) is 0 Å². The number of rotatable bonds is 0. The molecule has 0 N–H and O–H groups in total. The van der Waals surface area contributed by atoms with E-state index in [1.54, 1.807) is 22.3 Å². The topological polar surface area (TPSA) is 17.6 Å². The summed E-state index contributed by atoms with van der Waals surface area (Å²) < 4.78 is 9.39. The predicted molar refractivity (Wildman–Crippen MR) is 214 cm³/mol. The van der Waals surface area contributed by atoms with Crippen LogP contribution in [0.3, 0.4) is 0 Å². The molecule has 3 aromatic heterocycles. The van der Waals surface area contributed by atoms with Crippen LogP contribution in [0.2, 0.25) is 0 Å². The third-order valence-electron chi connectivity index (χ3n) is 16.3. The summed E-state index contributed by atoms with van der Waals surface area (Å²) in [7, 11) is 0. The summed E-state index contributed by atoms with van der Waals surface area (Å²) in [6.07, 6.45) is 14.3. The average molecular weight is 672 g/mol. The van der Waals surface area contributed by atoms with Gasteiger partial charge in [0.1, 0.15) is 11.2 Å². The lowest BCUT2D eigenvalue weighted by atomic mass is 9.67. The first-order valence-corrected chi connectivity index (χ1v) is 20.7. The molecule has 4 unspecified atom stereocenters. The van der Waals surface area contributed by atoms with Gasteiger partial charge < -0.3 is 8.82 Å². The van der Waals surface area contributed by atoms with Gasteiger partial charge in [-0.05, 0) is 192 Å². The van der Waals surface area contributed by atoms with Gasteiger partial charge in [0.15, 0.2) is 0 Å². The van der Waals surface area contributed by atoms with Crippen molar-refractivity contribution in [2.45, 2.75) is 87.9 Å². The van der Waals surface area contributed by atoms with Gasteiger partial charge in [-0.15, -0.1) is 0 Å². The molecule has 0 aliphatic heterocycles. The summed E-state index contributed by atoms with van der Waals surface area (Å²) >= 11 is 0. The summed E-state index contributed by atoms with van der Waals surface area (Å²) in [5.74, 6) is 6.78. The number of hydrogen-bond donors (Lipinski definition) is 0. The lowest BCUT2D eigenvalue weighted by Crippen LogP contribution is -2.25. The van der Waals surface area contributed by atoms with Crippen molar-refractivity contribution >= 4 is 81.6 Å². The third kappa shape index (κ3) is 3.24. The Labute approximate surface area is 302 Å². The van der Waals surface area contributed by atoms with E-state index < -0.39 is 0 Å². The number of fused-ring (bicyclic) bond motifs is 12. The molecule has 2 nitrogen and oxygen atoms in total. The molecule has 52 heavy (non-hydrogen) atoms. The molecule has 0 saturated heterocycles. The molecule has 4 fully saturated rings. The smallest absolute Gasteiger partial charge is 0.136 e. The van der Waals surface area contributed by atoms with Gasteiger partial charge in [0, 0.05) is 32.3 Å². The van der Waals surface area contributed by atoms with Gasteiger partial charge in [0.05, 0.1) is 16.6 Å². The molecular formula is C50H41NO. The molecule has 4 atom stereocenters. The maximum Gasteiger partial charge on any atom is 0.136 e. The minimum atomic E-state index is 0.753. The van der Waals surface area contributed by atoms with Gasteiger partial charge in [0.2, 0.25) is 0 Å². The maximum atomic E-state index is 6.72. The Morgan fingerprint density at radius 2 is 0.885 bits per heavy atom. The number of benzene rings is 6. The van der Waals surface area contributed by atoms with Crippen LogP contribution in [0.5, 0.6) is 0 Å². The maximum absolute atomic E-state index is 6.72. The minimum Gasteiger partial charge on any atom is -0.456 e. The van der Waals surface area contributed by atoms with Crippen LogP contribution in [0.4, 0.5) is 0 Å². The Bertz CT molecular complexity index is 3070. The Hall–Kier alpha value is -4.56. The van der Waals surface area contributed by atoms with Crippen molar-refractivity contribution < 1.29 is 4.42 Å². The largest absolute Gasteiger partial charge is 0.456 e. The Balaban J connectivity index is 1.07. The van der Waals surface area contributed by atoms with Crippen molar-refractivity contribution in [3.63, 3.8) is 0 Å². The van der Waals surface area contributed by atoms with E-state index in [1.807, 2.05) is 0 Å². The molecule has 6 aromatic carbocycles. The lowest BCUT2D eigenvalue weighted by molar-refractivity contribution is 0.165. The van der Waals surface area contributed by atoms with E-state index in [2.05, 4.69) is 83.3 Å². The van der Waals surface area contributed by atoms with Gasteiger partial charge in [-0.1, -0.05) is 42.5 Å². The fraction of sp³-hybridized carbons (Fsp3) is 0.360. The molecule has 8 aliphatic carbocycles. The Morgan fingerprint density at radius 1 is 0.404 bits per heavy atom. The van der Waals surface area contributed by atoms with Crippen LogP contribution >= 0.6 is 0 Å². The van der Waals surface area contributed by atoms with Crippen LogP contribution in [0, 0.1) is 23.7 Å². The van der Waals surface area contributed by atoms with Crippen LogP contribution in [0.15, 0.2) is 83.3 Å². The van der Waals surface area contributed by atoms with E-state index in [-0.39, 0.29) is 0 Å². The highest BCUT2D eigenvalue weighted by Gasteiger charge is 2.43. The molecule has 4 saturated carbocycles. The second kappa shape index (κ2) is 8.96. The third-order valence-corrected chi connectivity index (χ3v) is 16.3. The fourth-order valence-corrected chi connectivity index (χ4v) is 14.6. The van der Waals surface area contributed by atoms with Crippen LogP contribution in [-0.4, -0.2) is 4.40 Å². The molecule has 0 spiro atoms. The quantitative estimate of drug-likeness (QED) is 0.157. The summed E-state index contributed by atoms with van der Waals surface area (Å²) in [6, 6.07) is 31.9. The summed E-state index contributed by atoms with van der Waals surface area (Å²) in [5.41, 5.74) is 12.8. The molecule has 9 aromatic rings. The normalized spacial score (nSPS) is 30.3. The molecular weight excluding hydrogens is 631 g/mol. The van der Waals surface area contributed by atoms with Crippen molar-refractivity contribution in [3.8, 4) is 0 Å². The van der Waals surface area contributed by atoms with Crippen molar-refractivity contribution in [1.82, 2.24) is 4.40 Å². The Morgan fingerprint density at radius 3 is 1.44 bits per heavy atom. The zero-order chi connectivity index (χ0) is 33.1. The SMILES string of the molecule is c1ccc2c(c1)oc1cc3c4cc5cc6c(cc5cc4n4c5cc7cc8c(cc7cc5c(c12)c34)C1CC2CC(C1)CC8C2)C1CC2CC(CC6C2)C1. The molecule has 2 heteroatoms. The molecule has 0 radical (unpaired) electrons. The zero-order valence-electron chi connectivity index (χ0n) is 29.6. The van der Waals surface area contributed by atoms with Gasteiger partial charge >= 0.3 is 0 Å². The first-order chi connectivity index (χ1) is 25.6. The second-order valence-electron chi connectivity index (χ2n) is 19.0. The zero-order valence-corrected chi connectivity index (χ0v) is 29.6. The standard InChI is InChI=1S/C50H41NO/c1-2-4-46-36(3-1)48-47(52-46)23-42-41-19-28-15-37-32-7-24-5-25(8-32)12-34(11-24)39(37)17-30(28)21-44(41)51-45-22-31-18-40-35-13-26-6-27(14-35)10-33(9-26)38(40)16-29(31)20-43(45)49(48)50(42)51/h1-4,15-27,32-35H,5-14H2. The number of furan rings is 1. The first kappa shape index (κ1) is 27.1. The molecule has 0 amide bonds. The van der Waals surface area contributed by atoms with Crippen molar-refractivity contribution in [2.24, 2.45) is 23.7 Å². The number of hydrogen-bond acceptors (Lipinski definition) is 1. The molecule has 3 heterocycles. The van der Waals surface area contributed by atoms with Gasteiger partial charge in [-0.2, -0.15) is 0 Å². The van der Waals surface area contributed by atoms with Crippen molar-refractivity contribution in [1.29, 1.82) is 0 Å². The van der Waals surface area contributed by atoms with E-state index >= 15 is 0 Å². The van der Waals surface area contributed by atoms with Gasteiger partial charge in [0.25, 0.3) is 0 Å². The van der Waals surface area contributed by atoms with E-state index in [4.69, 9.17) is 4.42 Å². The number of nitrogens with zero attached hydrogens (tertiary/aromatic N) is 1. The van der Waals surface area contributed by atoms with Crippen LogP contribution in [-0.2, 0) is 0 Å². The summed E-state index contributed by atoms with van der Waals surface area (Å²) in [5, 5.41) is 13.6. The van der Waals surface area contributed by atoms with Crippen LogP contribution < -0.4 is 0 Å². The molecule has 17 rings (SSSR count). The molecule has 252 valence electrons. The van der Waals surface area contributed by atoms with Gasteiger partial charge in [-0.3, -0.25) is 0 Å². The van der Waals surface area contributed by atoms with Crippen LogP contribution in [0.1, 0.15) is 110 Å². The summed E-state index contributed by atoms with van der Waals surface area (Å²) in [6.45, 7) is 0. The summed E-state index contributed by atoms with van der Waals surface area (Å²) in [4.78, 5) is 0. The second-order valence-corrected chi connectivity index (χ2v) is 19.0. The molecule has 8 bridgehead atoms. The monoisotopic (exact) mass is 671 g/mol. The highest BCUT2D eigenvalue weighted by Crippen LogP contribution is 2.59. The first-order valence-electron chi connectivity index (χ1n) is 20.7. The lowest BCUT2D eigenvalue weighted by Gasteiger charge is -2.38. The number of aromatic nitrogens is 1. The number of para-hydroxylation sites is 1. The predicted octanol–water partition coefficient (Wildman–Crippen LogP) is 13.8. The highest BCUT2D eigenvalue weighted by molar-refractivity contribution is 6.36. The minimum absolute atomic E-state index is 0.753. The average Bonchev–Trinajstić information content (AvgIpc) is 3.71. The van der Waals surface area contributed by atoms with E-state index in [0.717, 1.165) is 58.5 Å². The fourth-order valence-electron chi connectivity index (χ4n) is 14.6. The van der Waals surface area contributed by atoms with E-state index in [9.17, 15) is 0 Å².